The highest BCUT2D eigenvalue weighted by Gasteiger charge is 2.28. The predicted octanol–water partition coefficient (Wildman–Crippen LogP) is 2.42. The van der Waals surface area contributed by atoms with Gasteiger partial charge in [0.25, 0.3) is 0 Å². The normalized spacial score (nSPS) is 16.6. The van der Waals surface area contributed by atoms with Crippen molar-refractivity contribution in [1.29, 1.82) is 0 Å². The van der Waals surface area contributed by atoms with Crippen molar-refractivity contribution in [3.63, 3.8) is 0 Å². The molecule has 1 fully saturated rings. The first-order valence-electron chi connectivity index (χ1n) is 7.75. The van der Waals surface area contributed by atoms with Gasteiger partial charge in [0.2, 0.25) is 5.91 Å². The predicted molar refractivity (Wildman–Crippen MR) is 88.6 cm³/mol. The molecule has 0 aromatic heterocycles. The maximum atomic E-state index is 12.2. The molecule has 0 spiro atoms. The van der Waals surface area contributed by atoms with E-state index in [1.165, 1.54) is 12.1 Å². The lowest BCUT2D eigenvalue weighted by atomic mass is 9.92. The third-order valence-corrected chi connectivity index (χ3v) is 3.84. The third-order valence-electron chi connectivity index (χ3n) is 3.84. The van der Waals surface area contributed by atoms with Crippen LogP contribution in [0.4, 0.5) is 13.2 Å². The van der Waals surface area contributed by atoms with Crippen molar-refractivity contribution in [1.82, 2.24) is 5.32 Å². The van der Waals surface area contributed by atoms with Crippen LogP contribution < -0.4 is 15.8 Å². The van der Waals surface area contributed by atoms with Crippen LogP contribution in [0.2, 0.25) is 0 Å². The minimum Gasteiger partial charge on any atom is -0.484 e. The molecule has 1 saturated heterocycles. The van der Waals surface area contributed by atoms with Crippen LogP contribution in [0.5, 0.6) is 5.75 Å². The highest BCUT2D eigenvalue weighted by molar-refractivity contribution is 5.85. The molecule has 1 amide bonds. The van der Waals surface area contributed by atoms with Crippen molar-refractivity contribution in [2.24, 2.45) is 11.7 Å². The summed E-state index contributed by atoms with van der Waals surface area (Å²) in [4.78, 5) is 12.1. The van der Waals surface area contributed by atoms with Gasteiger partial charge < -0.3 is 20.5 Å². The van der Waals surface area contributed by atoms with Gasteiger partial charge in [-0.3, -0.25) is 4.79 Å². The average Bonchev–Trinajstić information content (AvgIpc) is 2.58. The number of halogens is 4. The van der Waals surface area contributed by atoms with E-state index in [9.17, 15) is 18.0 Å². The van der Waals surface area contributed by atoms with Crippen LogP contribution in [-0.2, 0) is 16.1 Å². The first-order valence-corrected chi connectivity index (χ1v) is 7.75. The molecule has 1 aromatic rings. The molecule has 0 radical (unpaired) electrons. The Hall–Kier alpha value is -1.51. The number of carbonyl (C=O) groups excluding carboxylic acids is 1. The number of amides is 1. The van der Waals surface area contributed by atoms with Gasteiger partial charge in [-0.05, 0) is 36.5 Å². The fraction of sp³-hybridized carbons (Fsp3) is 0.562. The smallest absolute Gasteiger partial charge is 0.422 e. The summed E-state index contributed by atoms with van der Waals surface area (Å²) in [5, 5.41) is 2.71. The fourth-order valence-electron chi connectivity index (χ4n) is 2.51. The van der Waals surface area contributed by atoms with Gasteiger partial charge in [0, 0.05) is 19.8 Å². The van der Waals surface area contributed by atoms with Gasteiger partial charge in [-0.15, -0.1) is 12.4 Å². The molecule has 0 aliphatic carbocycles. The molecule has 3 N–H and O–H groups in total. The van der Waals surface area contributed by atoms with Gasteiger partial charge in [-0.25, -0.2) is 0 Å². The maximum Gasteiger partial charge on any atom is 0.422 e. The van der Waals surface area contributed by atoms with Gasteiger partial charge in [0.15, 0.2) is 6.61 Å². The largest absolute Gasteiger partial charge is 0.484 e. The van der Waals surface area contributed by atoms with Crippen LogP contribution in [0.3, 0.4) is 0 Å². The number of nitrogens with one attached hydrogen (secondary N) is 1. The van der Waals surface area contributed by atoms with Crippen LogP contribution in [0.25, 0.3) is 0 Å². The molecule has 1 heterocycles. The summed E-state index contributed by atoms with van der Waals surface area (Å²) < 4.78 is 46.4. The Balaban J connectivity index is 0.00000312. The molecule has 1 aromatic carbocycles. The van der Waals surface area contributed by atoms with E-state index in [0.29, 0.717) is 18.8 Å². The van der Waals surface area contributed by atoms with E-state index >= 15 is 0 Å². The lowest BCUT2D eigenvalue weighted by Gasteiger charge is -2.26. The molecule has 5 nitrogen and oxygen atoms in total. The summed E-state index contributed by atoms with van der Waals surface area (Å²) in [6, 6.07) is 5.56. The second kappa shape index (κ2) is 9.84. The molecule has 9 heteroatoms. The Morgan fingerprint density at radius 1 is 1.36 bits per heavy atom. The van der Waals surface area contributed by atoms with Gasteiger partial charge >= 0.3 is 6.18 Å². The summed E-state index contributed by atoms with van der Waals surface area (Å²) in [6.45, 7) is 0.0326. The zero-order chi connectivity index (χ0) is 17.6. The highest BCUT2D eigenvalue weighted by Crippen LogP contribution is 2.20. The lowest BCUT2D eigenvalue weighted by Crippen LogP contribution is -2.46. The number of nitrogens with two attached hydrogens (primary N) is 1. The number of ether oxygens (including phenoxy) is 2. The van der Waals surface area contributed by atoms with Crippen molar-refractivity contribution in [3.8, 4) is 5.75 Å². The third kappa shape index (κ3) is 7.50. The van der Waals surface area contributed by atoms with E-state index in [0.717, 1.165) is 12.8 Å². The number of rotatable bonds is 6. The summed E-state index contributed by atoms with van der Waals surface area (Å²) in [5.74, 6) is -0.0866. The van der Waals surface area contributed by atoms with Crippen LogP contribution in [-0.4, -0.2) is 37.9 Å². The molecule has 142 valence electrons. The Kier molecular flexibility index (Phi) is 8.47. The number of hydrogen-bond acceptors (Lipinski definition) is 4. The van der Waals surface area contributed by atoms with Crippen molar-refractivity contribution in [3.05, 3.63) is 29.8 Å². The van der Waals surface area contributed by atoms with E-state index in [1.807, 2.05) is 0 Å². The van der Waals surface area contributed by atoms with E-state index < -0.39 is 18.8 Å². The van der Waals surface area contributed by atoms with Gasteiger partial charge in [-0.2, -0.15) is 13.2 Å². The minimum absolute atomic E-state index is 0. The van der Waals surface area contributed by atoms with E-state index in [-0.39, 0.29) is 36.5 Å². The van der Waals surface area contributed by atoms with Gasteiger partial charge in [0.05, 0.1) is 6.04 Å². The summed E-state index contributed by atoms with van der Waals surface area (Å²) >= 11 is 0. The SMILES string of the molecule is Cl.NC(C(=O)NCc1cccc(OCC(F)(F)F)c1)C1CCOCC1. The number of benzene rings is 1. The second-order valence-electron chi connectivity index (χ2n) is 5.74. The Morgan fingerprint density at radius 3 is 2.68 bits per heavy atom. The Labute approximate surface area is 150 Å². The van der Waals surface area contributed by atoms with Crippen LogP contribution in [0, 0.1) is 5.92 Å². The molecular formula is C16H22ClF3N2O3. The van der Waals surface area contributed by atoms with Crippen molar-refractivity contribution in [2.75, 3.05) is 19.8 Å². The maximum absolute atomic E-state index is 12.2. The molecule has 25 heavy (non-hydrogen) atoms. The van der Waals surface area contributed by atoms with Gasteiger partial charge in [0.1, 0.15) is 5.75 Å². The zero-order valence-corrected chi connectivity index (χ0v) is 14.4. The van der Waals surface area contributed by atoms with Crippen LogP contribution >= 0.6 is 12.4 Å². The van der Waals surface area contributed by atoms with Crippen molar-refractivity contribution >= 4 is 18.3 Å². The zero-order valence-electron chi connectivity index (χ0n) is 13.6. The number of alkyl halides is 3. The lowest BCUT2D eigenvalue weighted by molar-refractivity contribution is -0.153. The molecule has 1 atom stereocenters. The molecule has 1 unspecified atom stereocenters. The topological polar surface area (TPSA) is 73.6 Å². The summed E-state index contributed by atoms with van der Waals surface area (Å²) in [6.07, 6.45) is -2.90. The van der Waals surface area contributed by atoms with E-state index in [4.69, 9.17) is 10.5 Å². The quantitative estimate of drug-likeness (QED) is 0.792. The molecule has 1 aliphatic rings. The standard InChI is InChI=1S/C16H21F3N2O3.ClH/c17-16(18,19)10-24-13-3-1-2-11(8-13)9-21-15(22)14(20)12-4-6-23-7-5-12;/h1-3,8,12,14H,4-7,9-10,20H2,(H,21,22);1H. The van der Waals surface area contributed by atoms with Crippen molar-refractivity contribution < 1.29 is 27.4 Å². The Bertz CT molecular complexity index is 552. The Morgan fingerprint density at radius 2 is 2.04 bits per heavy atom. The molecule has 0 bridgehead atoms. The number of carbonyl (C=O) groups is 1. The van der Waals surface area contributed by atoms with Gasteiger partial charge in [-0.1, -0.05) is 12.1 Å². The first kappa shape index (κ1) is 21.5. The molecular weight excluding hydrogens is 361 g/mol. The summed E-state index contributed by atoms with van der Waals surface area (Å²) in [7, 11) is 0. The van der Waals surface area contributed by atoms with E-state index in [2.05, 4.69) is 10.1 Å². The van der Waals surface area contributed by atoms with Crippen molar-refractivity contribution in [2.45, 2.75) is 31.6 Å². The second-order valence-corrected chi connectivity index (χ2v) is 5.74. The monoisotopic (exact) mass is 382 g/mol. The number of hydrogen-bond donors (Lipinski definition) is 2. The van der Waals surface area contributed by atoms with E-state index in [1.54, 1.807) is 12.1 Å². The molecule has 0 saturated carbocycles. The first-order chi connectivity index (χ1) is 11.3. The summed E-state index contributed by atoms with van der Waals surface area (Å²) in [5.41, 5.74) is 6.61. The van der Waals surface area contributed by atoms with Crippen LogP contribution in [0.15, 0.2) is 24.3 Å². The van der Waals surface area contributed by atoms with Crippen LogP contribution in [0.1, 0.15) is 18.4 Å². The molecule has 1 aliphatic heterocycles. The highest BCUT2D eigenvalue weighted by atomic mass is 35.5. The average molecular weight is 383 g/mol. The fourth-order valence-corrected chi connectivity index (χ4v) is 2.51. The minimum atomic E-state index is -4.39. The molecule has 2 rings (SSSR count).